The molecule has 1 heterocycles. The Morgan fingerprint density at radius 3 is 2.88 bits per heavy atom. The Morgan fingerprint density at radius 1 is 1.50 bits per heavy atom. The van der Waals surface area contributed by atoms with Gasteiger partial charge in [-0.3, -0.25) is 0 Å². The van der Waals surface area contributed by atoms with Gasteiger partial charge in [0.25, 0.3) is 0 Å². The van der Waals surface area contributed by atoms with Crippen molar-refractivity contribution in [1.29, 1.82) is 0 Å². The normalized spacial score (nSPS) is 10.7. The maximum Gasteiger partial charge on any atom is 0.338 e. The van der Waals surface area contributed by atoms with E-state index in [1.807, 2.05) is 19.2 Å². The second kappa shape index (κ2) is 4.17. The first-order valence-corrected chi connectivity index (χ1v) is 6.01. The molecule has 2 rings (SSSR count). The zero-order valence-corrected chi connectivity index (χ0v) is 10.1. The molecular formula is C11H12N2O2S. The summed E-state index contributed by atoms with van der Waals surface area (Å²) in [5, 5.41) is 0.844. The molecule has 0 amide bonds. The fraction of sp³-hybridized carbons (Fsp3) is 0.273. The van der Waals surface area contributed by atoms with Crippen molar-refractivity contribution in [2.45, 2.75) is 12.1 Å². The van der Waals surface area contributed by atoms with E-state index in [9.17, 15) is 4.79 Å². The third-order valence-electron chi connectivity index (χ3n) is 2.40. The molecule has 1 aromatic carbocycles. The first-order chi connectivity index (χ1) is 7.65. The highest BCUT2D eigenvalue weighted by atomic mass is 32.2. The van der Waals surface area contributed by atoms with E-state index in [1.54, 1.807) is 6.07 Å². The second-order valence-corrected chi connectivity index (χ2v) is 4.22. The van der Waals surface area contributed by atoms with E-state index >= 15 is 0 Å². The Hall–Kier alpha value is -1.49. The highest BCUT2D eigenvalue weighted by molar-refractivity contribution is 7.98. The van der Waals surface area contributed by atoms with Gasteiger partial charge < -0.3 is 9.72 Å². The highest BCUT2D eigenvalue weighted by Gasteiger charge is 2.12. The summed E-state index contributed by atoms with van der Waals surface area (Å²) < 4.78 is 4.72. The number of fused-ring (bicyclic) bond motifs is 1. The van der Waals surface area contributed by atoms with Crippen molar-refractivity contribution < 1.29 is 9.53 Å². The molecule has 0 unspecified atom stereocenters. The summed E-state index contributed by atoms with van der Waals surface area (Å²) in [5.74, 6) is -0.326. The van der Waals surface area contributed by atoms with Crippen molar-refractivity contribution in [2.24, 2.45) is 0 Å². The summed E-state index contributed by atoms with van der Waals surface area (Å²) in [7, 11) is 1.38. The monoisotopic (exact) mass is 236 g/mol. The van der Waals surface area contributed by atoms with Gasteiger partial charge in [-0.25, -0.2) is 9.78 Å². The summed E-state index contributed by atoms with van der Waals surface area (Å²) in [6.45, 7) is 1.88. The van der Waals surface area contributed by atoms with Crippen LogP contribution < -0.4 is 0 Å². The molecule has 0 aliphatic carbocycles. The van der Waals surface area contributed by atoms with Crippen molar-refractivity contribution in [1.82, 2.24) is 9.97 Å². The molecular weight excluding hydrogens is 224 g/mol. The number of aromatic amines is 1. The minimum Gasteiger partial charge on any atom is -0.465 e. The SMILES string of the molecule is COC(=O)c1cc2nc(SC)[nH]c2cc1C. The number of benzene rings is 1. The molecule has 84 valence electrons. The van der Waals surface area contributed by atoms with Crippen molar-refractivity contribution in [3.05, 3.63) is 23.3 Å². The minimum atomic E-state index is -0.326. The van der Waals surface area contributed by atoms with E-state index < -0.39 is 0 Å². The molecule has 5 heteroatoms. The lowest BCUT2D eigenvalue weighted by Crippen LogP contribution is -2.03. The third kappa shape index (κ3) is 1.78. The molecule has 1 N–H and O–H groups in total. The summed E-state index contributed by atoms with van der Waals surface area (Å²) in [6.07, 6.45) is 1.95. The molecule has 2 aromatic rings. The van der Waals surface area contributed by atoms with Gasteiger partial charge in [0.15, 0.2) is 5.16 Å². The van der Waals surface area contributed by atoms with Crippen LogP contribution in [-0.2, 0) is 4.74 Å². The average Bonchev–Trinajstić information content (AvgIpc) is 2.68. The molecule has 0 radical (unpaired) electrons. The van der Waals surface area contributed by atoms with Crippen LogP contribution in [0.15, 0.2) is 17.3 Å². The lowest BCUT2D eigenvalue weighted by molar-refractivity contribution is 0.0600. The Bertz CT molecular complexity index is 548. The molecule has 16 heavy (non-hydrogen) atoms. The molecule has 0 aliphatic heterocycles. The second-order valence-electron chi connectivity index (χ2n) is 3.42. The number of aromatic nitrogens is 2. The van der Waals surface area contributed by atoms with E-state index in [-0.39, 0.29) is 5.97 Å². The van der Waals surface area contributed by atoms with Gasteiger partial charge in [-0.2, -0.15) is 0 Å². The number of imidazole rings is 1. The van der Waals surface area contributed by atoms with Gasteiger partial charge in [-0.15, -0.1) is 0 Å². The van der Waals surface area contributed by atoms with Gasteiger partial charge >= 0.3 is 5.97 Å². The van der Waals surface area contributed by atoms with Crippen LogP contribution >= 0.6 is 11.8 Å². The van der Waals surface area contributed by atoms with Crippen LogP contribution in [0.3, 0.4) is 0 Å². The average molecular weight is 236 g/mol. The number of esters is 1. The Balaban J connectivity index is 2.60. The quantitative estimate of drug-likeness (QED) is 0.642. The van der Waals surface area contributed by atoms with Crippen LogP contribution in [0.5, 0.6) is 0 Å². The molecule has 0 aliphatic rings. The number of thioether (sulfide) groups is 1. The predicted octanol–water partition coefficient (Wildman–Crippen LogP) is 2.38. The van der Waals surface area contributed by atoms with Crippen LogP contribution in [0, 0.1) is 6.92 Å². The number of carbonyl (C=O) groups is 1. The standard InChI is InChI=1S/C11H12N2O2S/c1-6-4-8-9(13-11(12-8)16-3)5-7(6)10(14)15-2/h4-5H,1-3H3,(H,12,13). The third-order valence-corrected chi connectivity index (χ3v) is 2.98. The fourth-order valence-electron chi connectivity index (χ4n) is 1.57. The number of methoxy groups -OCH3 is 1. The lowest BCUT2D eigenvalue weighted by atomic mass is 10.1. The molecule has 0 saturated carbocycles. The number of carbonyl (C=O) groups excluding carboxylic acids is 1. The van der Waals surface area contributed by atoms with Crippen molar-refractivity contribution in [3.63, 3.8) is 0 Å². The number of ether oxygens (including phenoxy) is 1. The number of nitrogens with zero attached hydrogens (tertiary/aromatic N) is 1. The summed E-state index contributed by atoms with van der Waals surface area (Å²) >= 11 is 1.54. The van der Waals surface area contributed by atoms with Gasteiger partial charge in [-0.05, 0) is 30.9 Å². The number of rotatable bonds is 2. The van der Waals surface area contributed by atoms with Crippen LogP contribution in [0.2, 0.25) is 0 Å². The first kappa shape index (κ1) is 11.0. The molecule has 0 atom stereocenters. The number of H-pyrrole nitrogens is 1. The smallest absolute Gasteiger partial charge is 0.338 e. The summed E-state index contributed by atoms with van der Waals surface area (Å²) in [4.78, 5) is 19.0. The lowest BCUT2D eigenvalue weighted by Gasteiger charge is -2.02. The maximum atomic E-state index is 11.5. The summed E-state index contributed by atoms with van der Waals surface area (Å²) in [6, 6.07) is 3.67. The van der Waals surface area contributed by atoms with Crippen LogP contribution in [0.4, 0.5) is 0 Å². The Morgan fingerprint density at radius 2 is 2.25 bits per heavy atom. The number of hydrogen-bond acceptors (Lipinski definition) is 4. The number of aryl methyl sites for hydroxylation is 1. The first-order valence-electron chi connectivity index (χ1n) is 4.78. The van der Waals surface area contributed by atoms with Crippen LogP contribution in [0.1, 0.15) is 15.9 Å². The molecule has 0 fully saturated rings. The topological polar surface area (TPSA) is 55.0 Å². The zero-order valence-electron chi connectivity index (χ0n) is 9.33. The van der Waals surface area contributed by atoms with Crippen LogP contribution in [0.25, 0.3) is 11.0 Å². The van der Waals surface area contributed by atoms with Gasteiger partial charge in [0, 0.05) is 0 Å². The largest absolute Gasteiger partial charge is 0.465 e. The van der Waals surface area contributed by atoms with Crippen molar-refractivity contribution in [3.8, 4) is 0 Å². The van der Waals surface area contributed by atoms with Gasteiger partial charge in [0.2, 0.25) is 0 Å². The number of nitrogens with one attached hydrogen (secondary N) is 1. The van der Waals surface area contributed by atoms with E-state index in [2.05, 4.69) is 9.97 Å². The van der Waals surface area contributed by atoms with E-state index in [0.29, 0.717) is 5.56 Å². The molecule has 1 aromatic heterocycles. The summed E-state index contributed by atoms with van der Waals surface area (Å²) in [5.41, 5.74) is 3.18. The molecule has 0 bridgehead atoms. The van der Waals surface area contributed by atoms with Gasteiger partial charge in [-0.1, -0.05) is 11.8 Å². The highest BCUT2D eigenvalue weighted by Crippen LogP contribution is 2.21. The predicted molar refractivity (Wildman–Crippen MR) is 64.0 cm³/mol. The van der Waals surface area contributed by atoms with E-state index in [0.717, 1.165) is 21.8 Å². The van der Waals surface area contributed by atoms with E-state index in [4.69, 9.17) is 4.74 Å². The Kier molecular flexibility index (Phi) is 2.87. The maximum absolute atomic E-state index is 11.5. The minimum absolute atomic E-state index is 0.326. The van der Waals surface area contributed by atoms with Gasteiger partial charge in [0.05, 0.1) is 23.7 Å². The van der Waals surface area contributed by atoms with Crippen molar-refractivity contribution >= 4 is 28.8 Å². The molecule has 4 nitrogen and oxygen atoms in total. The fourth-order valence-corrected chi connectivity index (χ4v) is 1.97. The van der Waals surface area contributed by atoms with Gasteiger partial charge in [0.1, 0.15) is 0 Å². The van der Waals surface area contributed by atoms with Crippen molar-refractivity contribution in [2.75, 3.05) is 13.4 Å². The Labute approximate surface area is 97.4 Å². The molecule has 0 spiro atoms. The zero-order chi connectivity index (χ0) is 11.7. The number of hydrogen-bond donors (Lipinski definition) is 1. The van der Waals surface area contributed by atoms with E-state index in [1.165, 1.54) is 18.9 Å². The molecule has 0 saturated heterocycles. The van der Waals surface area contributed by atoms with Crippen LogP contribution in [-0.4, -0.2) is 29.3 Å².